The van der Waals surface area contributed by atoms with E-state index in [9.17, 15) is 5.11 Å². The van der Waals surface area contributed by atoms with Crippen LogP contribution in [0.2, 0.25) is 5.02 Å². The average Bonchev–Trinajstić information content (AvgIpc) is 2.46. The van der Waals surface area contributed by atoms with Crippen molar-refractivity contribution in [2.24, 2.45) is 0 Å². The first-order valence-electron chi connectivity index (χ1n) is 5.92. The normalized spacial score (nSPS) is 12.1. The fraction of sp³-hybridized carbons (Fsp3) is 0.200. The Morgan fingerprint density at radius 1 is 1.15 bits per heavy atom. The molecule has 0 radical (unpaired) electrons. The number of benzene rings is 2. The molecule has 0 aliphatic rings. The van der Waals surface area contributed by atoms with Crippen LogP contribution >= 0.6 is 27.5 Å². The van der Waals surface area contributed by atoms with Gasteiger partial charge in [0.15, 0.2) is 0 Å². The van der Waals surface area contributed by atoms with Gasteiger partial charge in [0.2, 0.25) is 0 Å². The lowest BCUT2D eigenvalue weighted by atomic mass is 10.0. The fourth-order valence-corrected chi connectivity index (χ4v) is 2.87. The monoisotopic (exact) mass is 356 g/mol. The molecule has 20 heavy (non-hydrogen) atoms. The third kappa shape index (κ3) is 2.92. The molecule has 0 aromatic heterocycles. The van der Waals surface area contributed by atoms with Gasteiger partial charge in [0.05, 0.1) is 14.2 Å². The van der Waals surface area contributed by atoms with Crippen LogP contribution in [0.1, 0.15) is 17.2 Å². The van der Waals surface area contributed by atoms with E-state index in [1.54, 1.807) is 44.6 Å². The second kappa shape index (κ2) is 6.48. The van der Waals surface area contributed by atoms with Gasteiger partial charge in [0.1, 0.15) is 22.1 Å². The highest BCUT2D eigenvalue weighted by atomic mass is 79.9. The van der Waals surface area contributed by atoms with Gasteiger partial charge in [-0.05, 0) is 45.8 Å². The molecular weight excluding hydrogens is 344 g/mol. The first kappa shape index (κ1) is 15.2. The summed E-state index contributed by atoms with van der Waals surface area (Å²) >= 11 is 9.38. The second-order valence-electron chi connectivity index (χ2n) is 4.16. The second-order valence-corrected chi connectivity index (χ2v) is 5.39. The molecule has 5 heteroatoms. The van der Waals surface area contributed by atoms with Gasteiger partial charge in [-0.15, -0.1) is 0 Å². The minimum absolute atomic E-state index is 0.539. The molecular formula is C15H14BrClO3. The minimum Gasteiger partial charge on any atom is -0.495 e. The van der Waals surface area contributed by atoms with E-state index in [0.717, 1.165) is 0 Å². The molecule has 2 rings (SSSR count). The molecule has 0 fully saturated rings. The summed E-state index contributed by atoms with van der Waals surface area (Å²) < 4.78 is 11.3. The molecule has 106 valence electrons. The summed E-state index contributed by atoms with van der Waals surface area (Å²) in [5, 5.41) is 11.1. The van der Waals surface area contributed by atoms with Crippen LogP contribution in [-0.4, -0.2) is 19.3 Å². The van der Waals surface area contributed by atoms with E-state index in [1.807, 2.05) is 6.07 Å². The molecule has 0 heterocycles. The largest absolute Gasteiger partial charge is 0.495 e. The fourth-order valence-electron chi connectivity index (χ4n) is 1.99. The van der Waals surface area contributed by atoms with Gasteiger partial charge in [0.25, 0.3) is 0 Å². The molecule has 1 N–H and O–H groups in total. The number of rotatable bonds is 4. The highest BCUT2D eigenvalue weighted by molar-refractivity contribution is 9.10. The van der Waals surface area contributed by atoms with Crippen molar-refractivity contribution in [3.8, 4) is 11.5 Å². The summed E-state index contributed by atoms with van der Waals surface area (Å²) in [6.07, 6.45) is -0.828. The summed E-state index contributed by atoms with van der Waals surface area (Å²) in [6.45, 7) is 0. The summed E-state index contributed by atoms with van der Waals surface area (Å²) in [5.41, 5.74) is 1.34. The number of ether oxygens (including phenoxy) is 2. The molecule has 0 saturated heterocycles. The molecule has 2 aromatic rings. The summed E-state index contributed by atoms with van der Waals surface area (Å²) in [6, 6.07) is 10.6. The molecule has 0 aliphatic heterocycles. The minimum atomic E-state index is -0.828. The lowest BCUT2D eigenvalue weighted by molar-refractivity contribution is 0.214. The van der Waals surface area contributed by atoms with Crippen LogP contribution in [0.5, 0.6) is 11.5 Å². The van der Waals surface area contributed by atoms with E-state index in [1.165, 1.54) is 0 Å². The number of hydrogen-bond donors (Lipinski definition) is 1. The van der Waals surface area contributed by atoms with Crippen LogP contribution in [0.25, 0.3) is 0 Å². The Morgan fingerprint density at radius 3 is 2.50 bits per heavy atom. The molecule has 1 atom stereocenters. The highest BCUT2D eigenvalue weighted by Gasteiger charge is 2.20. The summed E-state index contributed by atoms with van der Waals surface area (Å²) in [5.74, 6) is 1.18. The zero-order valence-electron chi connectivity index (χ0n) is 11.1. The van der Waals surface area contributed by atoms with Gasteiger partial charge in [-0.1, -0.05) is 23.7 Å². The van der Waals surface area contributed by atoms with Crippen LogP contribution in [0.4, 0.5) is 0 Å². The standard InChI is InChI=1S/C15H14BrClO3/c1-19-12-7-6-11(15(20-2)13(12)16)14(18)9-4-3-5-10(17)8-9/h3-8,14,18H,1-2H3. The molecule has 0 bridgehead atoms. The number of halogens is 2. The van der Waals surface area contributed by atoms with E-state index in [4.69, 9.17) is 21.1 Å². The van der Waals surface area contributed by atoms with Crippen LogP contribution in [0.3, 0.4) is 0 Å². The van der Waals surface area contributed by atoms with Gasteiger partial charge in [0, 0.05) is 10.6 Å². The molecule has 3 nitrogen and oxygen atoms in total. The Balaban J connectivity index is 2.49. The zero-order chi connectivity index (χ0) is 14.7. The molecule has 0 saturated carbocycles. The Morgan fingerprint density at radius 2 is 1.90 bits per heavy atom. The van der Waals surface area contributed by atoms with Crippen LogP contribution in [0.15, 0.2) is 40.9 Å². The average molecular weight is 358 g/mol. The Kier molecular flexibility index (Phi) is 4.91. The number of methoxy groups -OCH3 is 2. The highest BCUT2D eigenvalue weighted by Crippen LogP contribution is 2.41. The van der Waals surface area contributed by atoms with E-state index in [-0.39, 0.29) is 0 Å². The third-order valence-electron chi connectivity index (χ3n) is 2.98. The quantitative estimate of drug-likeness (QED) is 0.891. The van der Waals surface area contributed by atoms with Crippen molar-refractivity contribution in [1.82, 2.24) is 0 Å². The van der Waals surface area contributed by atoms with Crippen molar-refractivity contribution in [3.05, 3.63) is 57.0 Å². The number of aliphatic hydroxyl groups is 1. The maximum atomic E-state index is 10.5. The number of aliphatic hydroxyl groups excluding tert-OH is 1. The van der Waals surface area contributed by atoms with E-state index in [2.05, 4.69) is 15.9 Å². The lowest BCUT2D eigenvalue weighted by Gasteiger charge is -2.18. The van der Waals surface area contributed by atoms with E-state index >= 15 is 0 Å². The smallest absolute Gasteiger partial charge is 0.142 e. The van der Waals surface area contributed by atoms with Gasteiger partial charge in [-0.2, -0.15) is 0 Å². The van der Waals surface area contributed by atoms with Gasteiger partial charge in [-0.3, -0.25) is 0 Å². The third-order valence-corrected chi connectivity index (χ3v) is 3.96. The van der Waals surface area contributed by atoms with Crippen molar-refractivity contribution >= 4 is 27.5 Å². The molecule has 1 unspecified atom stereocenters. The SMILES string of the molecule is COc1ccc(C(O)c2cccc(Cl)c2)c(OC)c1Br. The predicted molar refractivity (Wildman–Crippen MR) is 82.8 cm³/mol. The van der Waals surface area contributed by atoms with Crippen molar-refractivity contribution in [1.29, 1.82) is 0 Å². The van der Waals surface area contributed by atoms with E-state index in [0.29, 0.717) is 32.1 Å². The maximum absolute atomic E-state index is 10.5. The Hall–Kier alpha value is -1.23. The molecule has 2 aromatic carbocycles. The van der Waals surface area contributed by atoms with Crippen LogP contribution in [0, 0.1) is 0 Å². The van der Waals surface area contributed by atoms with Gasteiger partial charge < -0.3 is 14.6 Å². The zero-order valence-corrected chi connectivity index (χ0v) is 13.4. The van der Waals surface area contributed by atoms with Gasteiger partial charge in [-0.25, -0.2) is 0 Å². The Labute approximate surface area is 131 Å². The van der Waals surface area contributed by atoms with Crippen molar-refractivity contribution in [3.63, 3.8) is 0 Å². The molecule has 0 amide bonds. The molecule has 0 aliphatic carbocycles. The van der Waals surface area contributed by atoms with E-state index < -0.39 is 6.10 Å². The van der Waals surface area contributed by atoms with Crippen molar-refractivity contribution in [2.45, 2.75) is 6.10 Å². The maximum Gasteiger partial charge on any atom is 0.142 e. The van der Waals surface area contributed by atoms with Crippen LogP contribution in [-0.2, 0) is 0 Å². The van der Waals surface area contributed by atoms with Gasteiger partial charge >= 0.3 is 0 Å². The topological polar surface area (TPSA) is 38.7 Å². The molecule has 0 spiro atoms. The summed E-state index contributed by atoms with van der Waals surface area (Å²) in [7, 11) is 3.13. The van der Waals surface area contributed by atoms with Crippen molar-refractivity contribution < 1.29 is 14.6 Å². The predicted octanol–water partition coefficient (Wildman–Crippen LogP) is 4.20. The Bertz CT molecular complexity index is 616. The first-order valence-corrected chi connectivity index (χ1v) is 7.09. The number of hydrogen-bond acceptors (Lipinski definition) is 3. The first-order chi connectivity index (χ1) is 9.58. The van der Waals surface area contributed by atoms with Crippen molar-refractivity contribution in [2.75, 3.05) is 14.2 Å². The lowest BCUT2D eigenvalue weighted by Crippen LogP contribution is -2.03. The van der Waals surface area contributed by atoms with Crippen LogP contribution < -0.4 is 9.47 Å². The summed E-state index contributed by atoms with van der Waals surface area (Å²) in [4.78, 5) is 0.